The first-order valence-corrected chi connectivity index (χ1v) is 7.30. The van der Waals surface area contributed by atoms with Crippen molar-refractivity contribution in [2.75, 3.05) is 20.6 Å². The van der Waals surface area contributed by atoms with Crippen LogP contribution >= 0.6 is 0 Å². The summed E-state index contributed by atoms with van der Waals surface area (Å²) in [5.41, 5.74) is 3.21. The zero-order valence-electron chi connectivity index (χ0n) is 12.8. The number of benzene rings is 2. The Morgan fingerprint density at radius 2 is 1.76 bits per heavy atom. The fourth-order valence-corrected chi connectivity index (χ4v) is 2.95. The smallest absolute Gasteiger partial charge is 0.176 e. The Morgan fingerprint density at radius 1 is 1.05 bits per heavy atom. The zero-order chi connectivity index (χ0) is 15.0. The van der Waals surface area contributed by atoms with Crippen LogP contribution in [0.4, 0.5) is 0 Å². The number of nitrogens with zero attached hydrogens (tertiary/aromatic N) is 2. The molecule has 0 atom stereocenters. The average Bonchev–Trinajstić information content (AvgIpc) is 2.79. The molecule has 3 rings (SSSR count). The van der Waals surface area contributed by atoms with Crippen molar-refractivity contribution in [3.8, 4) is 0 Å². The number of ketones is 1. The van der Waals surface area contributed by atoms with E-state index < -0.39 is 0 Å². The summed E-state index contributed by atoms with van der Waals surface area (Å²) in [4.78, 5) is 14.2. The van der Waals surface area contributed by atoms with Gasteiger partial charge >= 0.3 is 0 Å². The number of hydrogen-bond donors (Lipinski definition) is 0. The van der Waals surface area contributed by atoms with E-state index in [2.05, 4.69) is 41.8 Å². The van der Waals surface area contributed by atoms with Crippen molar-refractivity contribution in [3.05, 3.63) is 48.0 Å². The highest BCUT2D eigenvalue weighted by molar-refractivity contribution is 6.11. The van der Waals surface area contributed by atoms with Crippen molar-refractivity contribution in [1.82, 2.24) is 9.47 Å². The fraction of sp³-hybridized carbons (Fsp3) is 0.278. The van der Waals surface area contributed by atoms with Gasteiger partial charge in [0.1, 0.15) is 0 Å². The molecule has 1 aromatic heterocycles. The molecule has 3 heteroatoms. The van der Waals surface area contributed by atoms with Crippen molar-refractivity contribution in [1.29, 1.82) is 0 Å². The number of aromatic nitrogens is 1. The van der Waals surface area contributed by atoms with E-state index in [1.807, 2.05) is 31.1 Å². The highest BCUT2D eigenvalue weighted by Crippen LogP contribution is 2.29. The van der Waals surface area contributed by atoms with Gasteiger partial charge in [-0.25, -0.2) is 0 Å². The number of likely N-dealkylation sites (N-methyl/N-ethyl adjacent to an activating group) is 1. The van der Waals surface area contributed by atoms with E-state index in [1.54, 1.807) is 0 Å². The Labute approximate surface area is 124 Å². The van der Waals surface area contributed by atoms with Crippen LogP contribution in [-0.4, -0.2) is 35.9 Å². The number of aryl methyl sites for hydroxylation is 1. The number of carbonyl (C=O) groups is 1. The SMILES string of the molecule is CCn1c2ccccc2c2cc(C(=O)CN(C)C)ccc21. The zero-order valence-corrected chi connectivity index (χ0v) is 12.8. The summed E-state index contributed by atoms with van der Waals surface area (Å²) in [6, 6.07) is 14.4. The molecular formula is C18H20N2O. The summed E-state index contributed by atoms with van der Waals surface area (Å²) in [6.45, 7) is 3.52. The largest absolute Gasteiger partial charge is 0.341 e. The molecule has 3 nitrogen and oxygen atoms in total. The van der Waals surface area contributed by atoms with Crippen molar-refractivity contribution >= 4 is 27.6 Å². The summed E-state index contributed by atoms with van der Waals surface area (Å²) in [7, 11) is 3.83. The van der Waals surface area contributed by atoms with Crippen LogP contribution in [0.5, 0.6) is 0 Å². The minimum atomic E-state index is 0.162. The van der Waals surface area contributed by atoms with Crippen molar-refractivity contribution in [3.63, 3.8) is 0 Å². The van der Waals surface area contributed by atoms with E-state index in [-0.39, 0.29) is 5.78 Å². The van der Waals surface area contributed by atoms with Crippen molar-refractivity contribution in [2.45, 2.75) is 13.5 Å². The average molecular weight is 280 g/mol. The molecule has 0 aliphatic rings. The predicted octanol–water partition coefficient (Wildman–Crippen LogP) is 3.56. The third kappa shape index (κ3) is 2.34. The van der Waals surface area contributed by atoms with Gasteiger partial charge in [-0.15, -0.1) is 0 Å². The van der Waals surface area contributed by atoms with Crippen LogP contribution in [0.3, 0.4) is 0 Å². The van der Waals surface area contributed by atoms with E-state index >= 15 is 0 Å². The van der Waals surface area contributed by atoms with E-state index in [0.29, 0.717) is 6.54 Å². The molecule has 0 aliphatic heterocycles. The summed E-state index contributed by atoms with van der Waals surface area (Å²) in [5, 5.41) is 2.38. The molecule has 0 saturated heterocycles. The Morgan fingerprint density at radius 3 is 2.48 bits per heavy atom. The highest BCUT2D eigenvalue weighted by atomic mass is 16.1. The van der Waals surface area contributed by atoms with E-state index in [4.69, 9.17) is 0 Å². The third-order valence-corrected chi connectivity index (χ3v) is 3.87. The van der Waals surface area contributed by atoms with Gasteiger partial charge in [-0.3, -0.25) is 4.79 Å². The Kier molecular flexibility index (Phi) is 3.52. The maximum Gasteiger partial charge on any atom is 0.176 e. The normalized spacial score (nSPS) is 11.6. The number of Topliss-reactive ketones (excluding diaryl/α,β-unsaturated/α-hetero) is 1. The molecule has 0 fully saturated rings. The van der Waals surface area contributed by atoms with Gasteiger partial charge in [0.15, 0.2) is 5.78 Å². The van der Waals surface area contributed by atoms with Gasteiger partial charge in [0, 0.05) is 33.9 Å². The number of rotatable bonds is 4. The van der Waals surface area contributed by atoms with E-state index in [1.165, 1.54) is 16.4 Å². The van der Waals surface area contributed by atoms with Crippen LogP contribution < -0.4 is 0 Å². The van der Waals surface area contributed by atoms with Crippen LogP contribution in [0.2, 0.25) is 0 Å². The first-order valence-electron chi connectivity index (χ1n) is 7.30. The first kappa shape index (κ1) is 13.8. The number of fused-ring (bicyclic) bond motifs is 3. The topological polar surface area (TPSA) is 25.2 Å². The molecule has 0 N–H and O–H groups in total. The Bertz CT molecular complexity index is 815. The Balaban J connectivity index is 2.22. The number of carbonyl (C=O) groups excluding carboxylic acids is 1. The van der Waals surface area contributed by atoms with E-state index in [9.17, 15) is 4.79 Å². The molecule has 3 aromatic rings. The van der Waals surface area contributed by atoms with Crippen LogP contribution in [-0.2, 0) is 6.54 Å². The highest BCUT2D eigenvalue weighted by Gasteiger charge is 2.13. The molecule has 0 bridgehead atoms. The molecular weight excluding hydrogens is 260 g/mol. The van der Waals surface area contributed by atoms with Gasteiger partial charge in [-0.1, -0.05) is 18.2 Å². The Hall–Kier alpha value is -2.13. The quantitative estimate of drug-likeness (QED) is 0.683. The van der Waals surface area contributed by atoms with Gasteiger partial charge < -0.3 is 9.47 Å². The summed E-state index contributed by atoms with van der Waals surface area (Å²) >= 11 is 0. The number of hydrogen-bond acceptors (Lipinski definition) is 2. The lowest BCUT2D eigenvalue weighted by Crippen LogP contribution is -2.21. The molecule has 108 valence electrons. The maximum atomic E-state index is 12.3. The lowest BCUT2D eigenvalue weighted by atomic mass is 10.1. The molecule has 0 amide bonds. The third-order valence-electron chi connectivity index (χ3n) is 3.87. The second-order valence-electron chi connectivity index (χ2n) is 5.65. The van der Waals surface area contributed by atoms with Gasteiger partial charge in [0.05, 0.1) is 6.54 Å². The lowest BCUT2D eigenvalue weighted by Gasteiger charge is -2.08. The van der Waals surface area contributed by atoms with Gasteiger partial charge in [-0.05, 0) is 45.3 Å². The monoisotopic (exact) mass is 280 g/mol. The van der Waals surface area contributed by atoms with Crippen LogP contribution in [0.1, 0.15) is 17.3 Å². The van der Waals surface area contributed by atoms with E-state index in [0.717, 1.165) is 17.5 Å². The van der Waals surface area contributed by atoms with Gasteiger partial charge in [-0.2, -0.15) is 0 Å². The molecule has 21 heavy (non-hydrogen) atoms. The fourth-order valence-electron chi connectivity index (χ4n) is 2.95. The van der Waals surface area contributed by atoms with Crippen LogP contribution in [0.25, 0.3) is 21.8 Å². The van der Waals surface area contributed by atoms with Gasteiger partial charge in [0.25, 0.3) is 0 Å². The maximum absolute atomic E-state index is 12.3. The minimum Gasteiger partial charge on any atom is -0.341 e. The lowest BCUT2D eigenvalue weighted by molar-refractivity contribution is 0.0958. The standard InChI is InChI=1S/C18H20N2O/c1-4-20-16-8-6-5-7-14(16)15-11-13(9-10-17(15)20)18(21)12-19(2)3/h5-11H,4,12H2,1-3H3. The van der Waals surface area contributed by atoms with Crippen LogP contribution in [0.15, 0.2) is 42.5 Å². The molecule has 1 heterocycles. The summed E-state index contributed by atoms with van der Waals surface area (Å²) in [6.07, 6.45) is 0. The van der Waals surface area contributed by atoms with Crippen molar-refractivity contribution in [2.24, 2.45) is 0 Å². The summed E-state index contributed by atoms with van der Waals surface area (Å²) < 4.78 is 2.30. The predicted molar refractivity (Wildman–Crippen MR) is 88.0 cm³/mol. The van der Waals surface area contributed by atoms with Gasteiger partial charge in [0.2, 0.25) is 0 Å². The second kappa shape index (κ2) is 5.34. The molecule has 0 radical (unpaired) electrons. The molecule has 0 aliphatic carbocycles. The first-order chi connectivity index (χ1) is 10.1. The summed E-state index contributed by atoms with van der Waals surface area (Å²) in [5.74, 6) is 0.162. The van der Waals surface area contributed by atoms with Crippen molar-refractivity contribution < 1.29 is 4.79 Å². The molecule has 0 saturated carbocycles. The van der Waals surface area contributed by atoms with Crippen LogP contribution in [0, 0.1) is 0 Å². The minimum absolute atomic E-state index is 0.162. The second-order valence-corrected chi connectivity index (χ2v) is 5.65. The molecule has 0 spiro atoms. The molecule has 2 aromatic carbocycles. The number of para-hydroxylation sites is 1. The molecule has 0 unspecified atom stereocenters.